The predicted molar refractivity (Wildman–Crippen MR) is 172 cm³/mol. The van der Waals surface area contributed by atoms with Gasteiger partial charge in [0.25, 0.3) is 11.8 Å². The molecule has 3 amide bonds. The number of nitrogen functional groups attached to an aromatic ring is 1. The van der Waals surface area contributed by atoms with Crippen LogP contribution in [0.3, 0.4) is 0 Å². The van der Waals surface area contributed by atoms with Gasteiger partial charge in [-0.3, -0.25) is 23.9 Å². The Bertz CT molecular complexity index is 1820. The van der Waals surface area contributed by atoms with E-state index in [2.05, 4.69) is 36.5 Å². The zero-order chi connectivity index (χ0) is 32.3. The van der Waals surface area contributed by atoms with Gasteiger partial charge in [-0.1, -0.05) is 35.3 Å². The standard InChI is InChI=1S/C31H27BrCl2FN7O3/c1-16(23-8-5-18(32)14-37-23)39-27(44)31(9-10-31)40-26(43)24-15-38-29-41(20-11-21(33)25(35)22(34)12-20)28(45)30(2,42(24)29)13-17-3-6-19(36)7-4-17/h3-8,11-12,14-16H,9-10,13,36H2,1-2H3,(H,39,44)(H,40,43)/t16-,30-/m1/s1. The van der Waals surface area contributed by atoms with Gasteiger partial charge in [-0.25, -0.2) is 14.3 Å². The summed E-state index contributed by atoms with van der Waals surface area (Å²) >= 11 is 15.5. The average Bonchev–Trinajstić information content (AvgIpc) is 3.59. The third-order valence-electron chi connectivity index (χ3n) is 8.17. The molecule has 6 rings (SSSR count). The summed E-state index contributed by atoms with van der Waals surface area (Å²) in [4.78, 5) is 51.6. The molecule has 2 aromatic carbocycles. The molecule has 0 bridgehead atoms. The molecule has 1 fully saturated rings. The van der Waals surface area contributed by atoms with Gasteiger partial charge in [0.1, 0.15) is 16.8 Å². The number of rotatable bonds is 8. The maximum atomic E-state index is 14.3. The minimum Gasteiger partial charge on any atom is -0.399 e. The minimum atomic E-state index is -1.36. The summed E-state index contributed by atoms with van der Waals surface area (Å²) in [5.41, 5.74) is 5.65. The summed E-state index contributed by atoms with van der Waals surface area (Å²) in [6, 6.07) is 12.8. The van der Waals surface area contributed by atoms with Crippen molar-refractivity contribution in [3.05, 3.63) is 98.2 Å². The second-order valence-electron chi connectivity index (χ2n) is 11.5. The molecular weight excluding hydrogens is 688 g/mol. The number of anilines is 3. The summed E-state index contributed by atoms with van der Waals surface area (Å²) in [5, 5.41) is 5.28. The summed E-state index contributed by atoms with van der Waals surface area (Å²) in [7, 11) is 0. The Morgan fingerprint density at radius 3 is 2.36 bits per heavy atom. The van der Waals surface area contributed by atoms with Crippen LogP contribution in [-0.4, -0.2) is 37.8 Å². The van der Waals surface area contributed by atoms with Crippen LogP contribution in [-0.2, 0) is 21.5 Å². The number of hydrogen-bond donors (Lipinski definition) is 3. The number of nitrogens with zero attached hydrogens (tertiary/aromatic N) is 4. The van der Waals surface area contributed by atoms with E-state index in [1.54, 1.807) is 43.5 Å². The third-order valence-corrected chi connectivity index (χ3v) is 9.19. The van der Waals surface area contributed by atoms with Crippen molar-refractivity contribution in [2.24, 2.45) is 0 Å². The van der Waals surface area contributed by atoms with E-state index in [-0.39, 0.29) is 39.7 Å². The van der Waals surface area contributed by atoms with Crippen molar-refractivity contribution < 1.29 is 18.8 Å². The Hall–Kier alpha value is -4.00. The molecule has 0 radical (unpaired) electrons. The molecule has 1 saturated carbocycles. The summed E-state index contributed by atoms with van der Waals surface area (Å²) in [6.45, 7) is 3.50. The highest BCUT2D eigenvalue weighted by molar-refractivity contribution is 9.10. The van der Waals surface area contributed by atoms with Crippen LogP contribution in [0.4, 0.5) is 21.7 Å². The van der Waals surface area contributed by atoms with Crippen molar-refractivity contribution in [3.8, 4) is 0 Å². The van der Waals surface area contributed by atoms with Crippen LogP contribution in [0.25, 0.3) is 0 Å². The minimum absolute atomic E-state index is 0.0693. The number of pyridine rings is 1. The van der Waals surface area contributed by atoms with Crippen LogP contribution >= 0.6 is 39.1 Å². The van der Waals surface area contributed by atoms with Crippen LogP contribution in [0.5, 0.6) is 0 Å². The first kappa shape index (κ1) is 31.0. The highest BCUT2D eigenvalue weighted by Gasteiger charge is 2.54. The molecule has 14 heteroatoms. The average molecular weight is 715 g/mol. The number of nitrogens with two attached hydrogens (primary N) is 1. The number of carbonyl (C=O) groups is 3. The molecule has 45 heavy (non-hydrogen) atoms. The van der Waals surface area contributed by atoms with E-state index in [0.29, 0.717) is 24.2 Å². The fourth-order valence-corrected chi connectivity index (χ4v) is 6.24. The SMILES string of the molecule is C[C@@H](NC(=O)C1(NC(=O)c2cnc3n2[C@](C)(Cc2ccc(N)cc2)C(=O)N3c2cc(Cl)c(F)c(Cl)c2)CC1)c1ccc(Br)cn1. The zero-order valence-electron chi connectivity index (χ0n) is 24.1. The Kier molecular flexibility index (Phi) is 7.87. The smallest absolute Gasteiger partial charge is 0.270 e. The largest absolute Gasteiger partial charge is 0.399 e. The van der Waals surface area contributed by atoms with Crippen LogP contribution in [0.15, 0.2) is 65.4 Å². The van der Waals surface area contributed by atoms with Gasteiger partial charge in [0.05, 0.1) is 33.7 Å². The molecule has 4 N–H and O–H groups in total. The van der Waals surface area contributed by atoms with Gasteiger partial charge in [0.15, 0.2) is 5.82 Å². The number of imidazole rings is 1. The monoisotopic (exact) mass is 713 g/mol. The van der Waals surface area contributed by atoms with Crippen molar-refractivity contribution in [2.75, 3.05) is 10.6 Å². The number of hydrogen-bond acceptors (Lipinski definition) is 6. The second kappa shape index (κ2) is 11.4. The molecule has 2 aromatic heterocycles. The fraction of sp³-hybridized carbons (Fsp3) is 0.258. The molecule has 1 aliphatic heterocycles. The number of carbonyl (C=O) groups excluding carboxylic acids is 3. The lowest BCUT2D eigenvalue weighted by molar-refractivity contribution is -0.125. The Morgan fingerprint density at radius 1 is 1.09 bits per heavy atom. The van der Waals surface area contributed by atoms with Gasteiger partial charge in [-0.15, -0.1) is 0 Å². The summed E-state index contributed by atoms with van der Waals surface area (Å²) in [6.07, 6.45) is 4.03. The lowest BCUT2D eigenvalue weighted by atomic mass is 9.91. The molecular formula is C31H27BrCl2FN7O3. The number of halogens is 4. The van der Waals surface area contributed by atoms with E-state index in [1.165, 1.54) is 27.8 Å². The number of nitrogens with one attached hydrogen (secondary N) is 2. The van der Waals surface area contributed by atoms with E-state index < -0.39 is 34.8 Å². The predicted octanol–water partition coefficient (Wildman–Crippen LogP) is 5.84. The van der Waals surface area contributed by atoms with E-state index >= 15 is 0 Å². The molecule has 232 valence electrons. The second-order valence-corrected chi connectivity index (χ2v) is 13.2. The van der Waals surface area contributed by atoms with E-state index in [1.807, 2.05) is 13.0 Å². The van der Waals surface area contributed by atoms with Gasteiger partial charge in [0.2, 0.25) is 11.9 Å². The van der Waals surface area contributed by atoms with Crippen molar-refractivity contribution in [1.29, 1.82) is 0 Å². The maximum Gasteiger partial charge on any atom is 0.270 e. The first-order chi connectivity index (χ1) is 21.3. The molecule has 1 aliphatic carbocycles. The molecule has 0 spiro atoms. The summed E-state index contributed by atoms with van der Waals surface area (Å²) < 4.78 is 16.7. The van der Waals surface area contributed by atoms with Gasteiger partial charge < -0.3 is 16.4 Å². The molecule has 0 saturated heterocycles. The van der Waals surface area contributed by atoms with Crippen LogP contribution in [0, 0.1) is 5.82 Å². The van der Waals surface area contributed by atoms with Crippen LogP contribution < -0.4 is 21.3 Å². The van der Waals surface area contributed by atoms with Crippen LogP contribution in [0.1, 0.15) is 54.5 Å². The zero-order valence-corrected chi connectivity index (χ0v) is 27.2. The lowest BCUT2D eigenvalue weighted by Gasteiger charge is -2.27. The lowest BCUT2D eigenvalue weighted by Crippen LogP contribution is -2.50. The molecule has 0 unspecified atom stereocenters. The molecule has 3 heterocycles. The number of benzene rings is 2. The normalized spacial score (nSPS) is 18.8. The Labute approximate surface area is 276 Å². The van der Waals surface area contributed by atoms with Crippen molar-refractivity contribution in [1.82, 2.24) is 25.2 Å². The maximum absolute atomic E-state index is 14.3. The van der Waals surface area contributed by atoms with E-state index in [4.69, 9.17) is 28.9 Å². The van der Waals surface area contributed by atoms with Crippen LogP contribution in [0.2, 0.25) is 10.0 Å². The number of aromatic nitrogens is 3. The molecule has 4 aromatic rings. The highest BCUT2D eigenvalue weighted by atomic mass is 79.9. The fourth-order valence-electron chi connectivity index (χ4n) is 5.53. The first-order valence-corrected chi connectivity index (χ1v) is 15.5. The van der Waals surface area contributed by atoms with Gasteiger partial charge in [0, 0.05) is 22.8 Å². The Morgan fingerprint density at radius 2 is 1.76 bits per heavy atom. The van der Waals surface area contributed by atoms with Gasteiger partial charge >= 0.3 is 0 Å². The van der Waals surface area contributed by atoms with E-state index in [0.717, 1.165) is 10.0 Å². The number of fused-ring (bicyclic) bond motifs is 1. The van der Waals surface area contributed by atoms with Crippen molar-refractivity contribution >= 4 is 74.2 Å². The highest BCUT2D eigenvalue weighted by Crippen LogP contribution is 2.44. The van der Waals surface area contributed by atoms with Crippen molar-refractivity contribution in [3.63, 3.8) is 0 Å². The Balaban J connectivity index is 1.33. The van der Waals surface area contributed by atoms with Gasteiger partial charge in [-0.05, 0) is 84.6 Å². The number of amides is 3. The molecule has 2 aliphatic rings. The van der Waals surface area contributed by atoms with E-state index in [9.17, 15) is 18.8 Å². The topological polar surface area (TPSA) is 135 Å². The van der Waals surface area contributed by atoms with Gasteiger partial charge in [-0.2, -0.15) is 0 Å². The molecule has 10 nitrogen and oxygen atoms in total. The summed E-state index contributed by atoms with van der Waals surface area (Å²) in [5.74, 6) is -2.06. The first-order valence-electron chi connectivity index (χ1n) is 14.0. The van der Waals surface area contributed by atoms with Crippen molar-refractivity contribution in [2.45, 2.75) is 50.2 Å². The third kappa shape index (κ3) is 5.55. The quantitative estimate of drug-likeness (QED) is 0.155. The molecule has 2 atom stereocenters.